The second-order valence-corrected chi connectivity index (χ2v) is 7.20. The van der Waals surface area contributed by atoms with E-state index in [2.05, 4.69) is 50.9 Å². The number of rotatable bonds is 3. The molecule has 1 atom stereocenters. The Morgan fingerprint density at radius 3 is 2.60 bits per heavy atom. The third-order valence-electron chi connectivity index (χ3n) is 4.81. The van der Waals surface area contributed by atoms with Crippen molar-refractivity contribution in [2.75, 3.05) is 24.5 Å². The van der Waals surface area contributed by atoms with Crippen molar-refractivity contribution in [1.29, 1.82) is 0 Å². The zero-order valence-corrected chi connectivity index (χ0v) is 14.0. The molecule has 2 saturated heterocycles. The van der Waals surface area contributed by atoms with Crippen molar-refractivity contribution >= 4 is 21.6 Å². The van der Waals surface area contributed by atoms with Crippen LogP contribution in [0.15, 0.2) is 22.7 Å². The van der Waals surface area contributed by atoms with Gasteiger partial charge in [0.25, 0.3) is 0 Å². The number of piperidine rings is 1. The summed E-state index contributed by atoms with van der Waals surface area (Å²) in [6.07, 6.45) is 6.80. The third-order valence-corrected chi connectivity index (χ3v) is 5.30. The van der Waals surface area contributed by atoms with Gasteiger partial charge in [-0.3, -0.25) is 4.90 Å². The summed E-state index contributed by atoms with van der Waals surface area (Å²) in [5.74, 6) is 0. The summed E-state index contributed by atoms with van der Waals surface area (Å²) in [5.41, 5.74) is 2.96. The maximum Gasteiger partial charge on any atom is 0.0423 e. The predicted octanol–water partition coefficient (Wildman–Crippen LogP) is 4.42. The topological polar surface area (TPSA) is 6.48 Å². The van der Waals surface area contributed by atoms with E-state index >= 15 is 0 Å². The van der Waals surface area contributed by atoms with E-state index in [1.165, 1.54) is 67.5 Å². The molecule has 110 valence electrons. The Balaban J connectivity index is 1.80. The lowest BCUT2D eigenvalue weighted by molar-refractivity contribution is 0.153. The first kappa shape index (κ1) is 14.4. The van der Waals surface area contributed by atoms with Crippen LogP contribution in [0.25, 0.3) is 0 Å². The van der Waals surface area contributed by atoms with E-state index in [9.17, 15) is 0 Å². The summed E-state index contributed by atoms with van der Waals surface area (Å²) in [6, 6.07) is 7.57. The van der Waals surface area contributed by atoms with Gasteiger partial charge >= 0.3 is 0 Å². The highest BCUT2D eigenvalue weighted by Gasteiger charge is 2.21. The van der Waals surface area contributed by atoms with Crippen LogP contribution < -0.4 is 4.90 Å². The average molecular weight is 337 g/mol. The summed E-state index contributed by atoms with van der Waals surface area (Å²) < 4.78 is 1.20. The van der Waals surface area contributed by atoms with Crippen LogP contribution in [0.2, 0.25) is 0 Å². The highest BCUT2D eigenvalue weighted by atomic mass is 79.9. The van der Waals surface area contributed by atoms with Crippen LogP contribution >= 0.6 is 15.9 Å². The first-order valence-electron chi connectivity index (χ1n) is 8.01. The lowest BCUT2D eigenvalue weighted by Gasteiger charge is -2.34. The molecule has 3 heteroatoms. The van der Waals surface area contributed by atoms with Crippen LogP contribution in [-0.4, -0.2) is 30.6 Å². The molecule has 0 amide bonds. The van der Waals surface area contributed by atoms with Gasteiger partial charge < -0.3 is 4.90 Å². The van der Waals surface area contributed by atoms with Crippen molar-refractivity contribution in [3.63, 3.8) is 0 Å². The number of nitrogens with zero attached hydrogens (tertiary/aromatic N) is 2. The van der Waals surface area contributed by atoms with Crippen LogP contribution in [-0.2, 0) is 6.54 Å². The predicted molar refractivity (Wildman–Crippen MR) is 89.3 cm³/mol. The second kappa shape index (κ2) is 6.48. The molecule has 2 fully saturated rings. The molecule has 0 aromatic heterocycles. The molecule has 2 aliphatic rings. The molecule has 0 bridgehead atoms. The van der Waals surface area contributed by atoms with Gasteiger partial charge in [0.15, 0.2) is 0 Å². The van der Waals surface area contributed by atoms with Gasteiger partial charge in [-0.15, -0.1) is 0 Å². The lowest BCUT2D eigenvalue weighted by Crippen LogP contribution is -2.37. The maximum absolute atomic E-state index is 3.64. The van der Waals surface area contributed by atoms with Gasteiger partial charge in [0.05, 0.1) is 0 Å². The molecule has 0 radical (unpaired) electrons. The van der Waals surface area contributed by atoms with E-state index in [1.807, 2.05) is 0 Å². The van der Waals surface area contributed by atoms with Gasteiger partial charge in [0, 0.05) is 35.8 Å². The quantitative estimate of drug-likeness (QED) is 0.805. The summed E-state index contributed by atoms with van der Waals surface area (Å²) in [5, 5.41) is 0. The minimum Gasteiger partial charge on any atom is -0.371 e. The number of likely N-dealkylation sites (tertiary alicyclic amines) is 1. The molecule has 0 N–H and O–H groups in total. The van der Waals surface area contributed by atoms with E-state index in [0.29, 0.717) is 0 Å². The molecule has 1 aromatic rings. The molecule has 1 aromatic carbocycles. The fraction of sp³-hybridized carbons (Fsp3) is 0.647. The largest absolute Gasteiger partial charge is 0.371 e. The highest BCUT2D eigenvalue weighted by molar-refractivity contribution is 9.10. The zero-order valence-electron chi connectivity index (χ0n) is 12.4. The zero-order chi connectivity index (χ0) is 13.9. The monoisotopic (exact) mass is 336 g/mol. The van der Waals surface area contributed by atoms with E-state index < -0.39 is 0 Å². The standard InChI is InChI=1S/C17H25BrN2/c1-14-6-2-3-11-20(14)13-15-7-8-16(18)12-17(15)19-9-4-5-10-19/h7-8,12,14H,2-6,9-11,13H2,1H3. The summed E-state index contributed by atoms with van der Waals surface area (Å²) in [7, 11) is 0. The number of benzene rings is 1. The number of hydrogen-bond acceptors (Lipinski definition) is 2. The van der Waals surface area contributed by atoms with Crippen molar-refractivity contribution in [3.05, 3.63) is 28.2 Å². The molecule has 0 saturated carbocycles. The second-order valence-electron chi connectivity index (χ2n) is 6.28. The molecule has 2 aliphatic heterocycles. The van der Waals surface area contributed by atoms with Crippen molar-refractivity contribution in [2.45, 2.75) is 51.6 Å². The molecule has 0 aliphatic carbocycles. The van der Waals surface area contributed by atoms with E-state index in [0.717, 1.165) is 12.6 Å². The Morgan fingerprint density at radius 1 is 1.10 bits per heavy atom. The van der Waals surface area contributed by atoms with Crippen LogP contribution in [0.1, 0.15) is 44.6 Å². The summed E-state index contributed by atoms with van der Waals surface area (Å²) in [4.78, 5) is 5.22. The van der Waals surface area contributed by atoms with Gasteiger partial charge in [-0.2, -0.15) is 0 Å². The molecule has 2 heterocycles. The Morgan fingerprint density at radius 2 is 1.85 bits per heavy atom. The Bertz CT molecular complexity index is 454. The normalized spacial score (nSPS) is 24.3. The minimum absolute atomic E-state index is 0.735. The van der Waals surface area contributed by atoms with Crippen LogP contribution in [0.4, 0.5) is 5.69 Å². The van der Waals surface area contributed by atoms with Crippen LogP contribution in [0, 0.1) is 0 Å². The Kier molecular flexibility index (Phi) is 4.67. The molecule has 1 unspecified atom stereocenters. The first-order chi connectivity index (χ1) is 9.74. The van der Waals surface area contributed by atoms with Gasteiger partial charge in [-0.05, 0) is 56.8 Å². The van der Waals surface area contributed by atoms with Crippen molar-refractivity contribution in [3.8, 4) is 0 Å². The number of anilines is 1. The smallest absolute Gasteiger partial charge is 0.0423 e. The lowest BCUT2D eigenvalue weighted by atomic mass is 10.0. The van der Waals surface area contributed by atoms with Gasteiger partial charge in [-0.1, -0.05) is 28.4 Å². The molecular weight excluding hydrogens is 312 g/mol. The third kappa shape index (κ3) is 3.20. The van der Waals surface area contributed by atoms with Crippen molar-refractivity contribution in [2.24, 2.45) is 0 Å². The Hall–Kier alpha value is -0.540. The highest BCUT2D eigenvalue weighted by Crippen LogP contribution is 2.30. The fourth-order valence-electron chi connectivity index (χ4n) is 3.53. The molecule has 2 nitrogen and oxygen atoms in total. The van der Waals surface area contributed by atoms with Crippen LogP contribution in [0.5, 0.6) is 0 Å². The minimum atomic E-state index is 0.735. The van der Waals surface area contributed by atoms with Crippen molar-refractivity contribution in [1.82, 2.24) is 4.90 Å². The van der Waals surface area contributed by atoms with E-state index in [4.69, 9.17) is 0 Å². The molecule has 20 heavy (non-hydrogen) atoms. The van der Waals surface area contributed by atoms with Gasteiger partial charge in [0.1, 0.15) is 0 Å². The fourth-order valence-corrected chi connectivity index (χ4v) is 3.88. The molecule has 0 spiro atoms. The number of halogens is 1. The first-order valence-corrected chi connectivity index (χ1v) is 8.81. The van der Waals surface area contributed by atoms with E-state index in [1.54, 1.807) is 0 Å². The number of hydrogen-bond donors (Lipinski definition) is 0. The van der Waals surface area contributed by atoms with Crippen LogP contribution in [0.3, 0.4) is 0 Å². The molecule has 3 rings (SSSR count). The average Bonchev–Trinajstić information content (AvgIpc) is 2.97. The molecular formula is C17H25BrN2. The maximum atomic E-state index is 3.64. The Labute approximate surface area is 131 Å². The van der Waals surface area contributed by atoms with Gasteiger partial charge in [0.2, 0.25) is 0 Å². The summed E-state index contributed by atoms with van der Waals surface area (Å²) in [6.45, 7) is 7.20. The van der Waals surface area contributed by atoms with Gasteiger partial charge in [-0.25, -0.2) is 0 Å². The summed E-state index contributed by atoms with van der Waals surface area (Å²) >= 11 is 3.64. The van der Waals surface area contributed by atoms with E-state index in [-0.39, 0.29) is 0 Å². The SMILES string of the molecule is CC1CCCCN1Cc1ccc(Br)cc1N1CCCC1. The van der Waals surface area contributed by atoms with Crippen molar-refractivity contribution < 1.29 is 0 Å².